The monoisotopic (exact) mass is 265 g/mol. The number of carbonyl (C=O) groups is 1. The lowest BCUT2D eigenvalue weighted by Gasteiger charge is -2.32. The molecular formula is C18H19NO. The van der Waals surface area contributed by atoms with E-state index in [1.54, 1.807) is 0 Å². The predicted octanol–water partition coefficient (Wildman–Crippen LogP) is 3.59. The first-order valence-electron chi connectivity index (χ1n) is 7.19. The molecule has 1 amide bonds. The van der Waals surface area contributed by atoms with Gasteiger partial charge in [0.05, 0.1) is 0 Å². The maximum Gasteiger partial charge on any atom is 0.223 e. The quantitative estimate of drug-likeness (QED) is 0.830. The average Bonchev–Trinajstić information content (AvgIpc) is 2.51. The number of nitrogens with zero attached hydrogens (tertiary/aromatic N) is 1. The molecule has 1 saturated heterocycles. The SMILES string of the molecule is O=C1CC(c2ccccc2)CCN1Cc1ccccc1. The Kier molecular flexibility index (Phi) is 3.82. The van der Waals surface area contributed by atoms with E-state index in [2.05, 4.69) is 36.4 Å². The summed E-state index contributed by atoms with van der Waals surface area (Å²) in [4.78, 5) is 14.3. The summed E-state index contributed by atoms with van der Waals surface area (Å²) in [7, 11) is 0. The summed E-state index contributed by atoms with van der Waals surface area (Å²) in [6.45, 7) is 1.59. The van der Waals surface area contributed by atoms with Crippen molar-refractivity contribution < 1.29 is 4.79 Å². The lowest BCUT2D eigenvalue weighted by molar-refractivity contribution is -0.134. The van der Waals surface area contributed by atoms with Crippen molar-refractivity contribution in [2.75, 3.05) is 6.54 Å². The van der Waals surface area contributed by atoms with Crippen molar-refractivity contribution in [1.29, 1.82) is 0 Å². The highest BCUT2D eigenvalue weighted by Gasteiger charge is 2.26. The van der Waals surface area contributed by atoms with Crippen LogP contribution in [0.15, 0.2) is 60.7 Å². The Labute approximate surface area is 120 Å². The third-order valence-corrected chi connectivity index (χ3v) is 4.01. The smallest absolute Gasteiger partial charge is 0.223 e. The van der Waals surface area contributed by atoms with Gasteiger partial charge in [0.15, 0.2) is 0 Å². The Morgan fingerprint density at radius 3 is 2.25 bits per heavy atom. The molecule has 102 valence electrons. The standard InChI is InChI=1S/C18H19NO/c20-18-13-17(16-9-5-2-6-10-16)11-12-19(18)14-15-7-3-1-4-8-15/h1-10,17H,11-14H2. The summed E-state index contributed by atoms with van der Waals surface area (Å²) in [6.07, 6.45) is 1.69. The van der Waals surface area contributed by atoms with Gasteiger partial charge in [-0.2, -0.15) is 0 Å². The van der Waals surface area contributed by atoms with Crippen LogP contribution in [0.3, 0.4) is 0 Å². The van der Waals surface area contributed by atoms with E-state index in [1.165, 1.54) is 11.1 Å². The van der Waals surface area contributed by atoms with Crippen LogP contribution in [0.25, 0.3) is 0 Å². The van der Waals surface area contributed by atoms with E-state index < -0.39 is 0 Å². The van der Waals surface area contributed by atoms with Gasteiger partial charge in [-0.3, -0.25) is 4.79 Å². The molecule has 1 aliphatic heterocycles. The summed E-state index contributed by atoms with van der Waals surface area (Å²) in [5, 5.41) is 0. The lowest BCUT2D eigenvalue weighted by atomic mass is 9.89. The van der Waals surface area contributed by atoms with Gasteiger partial charge in [0.1, 0.15) is 0 Å². The van der Waals surface area contributed by atoms with Gasteiger partial charge in [0.25, 0.3) is 0 Å². The van der Waals surface area contributed by atoms with E-state index in [4.69, 9.17) is 0 Å². The fraction of sp³-hybridized carbons (Fsp3) is 0.278. The molecule has 0 spiro atoms. The van der Waals surface area contributed by atoms with Crippen LogP contribution in [0.1, 0.15) is 29.9 Å². The topological polar surface area (TPSA) is 20.3 Å². The molecule has 1 unspecified atom stereocenters. The summed E-state index contributed by atoms with van der Waals surface area (Å²) in [5.74, 6) is 0.657. The van der Waals surface area contributed by atoms with Crippen molar-refractivity contribution >= 4 is 5.91 Å². The molecule has 2 aromatic rings. The second kappa shape index (κ2) is 5.91. The number of piperidine rings is 1. The van der Waals surface area contributed by atoms with Gasteiger partial charge in [-0.05, 0) is 23.5 Å². The largest absolute Gasteiger partial charge is 0.338 e. The van der Waals surface area contributed by atoms with Crippen LogP contribution in [-0.2, 0) is 11.3 Å². The number of hydrogen-bond acceptors (Lipinski definition) is 1. The fourth-order valence-corrected chi connectivity index (χ4v) is 2.86. The van der Waals surface area contributed by atoms with Gasteiger partial charge in [0, 0.05) is 19.5 Å². The Morgan fingerprint density at radius 2 is 1.60 bits per heavy atom. The summed E-state index contributed by atoms with van der Waals surface area (Å²) >= 11 is 0. The van der Waals surface area contributed by atoms with Crippen LogP contribution in [0.2, 0.25) is 0 Å². The number of hydrogen-bond donors (Lipinski definition) is 0. The zero-order chi connectivity index (χ0) is 13.8. The first-order valence-corrected chi connectivity index (χ1v) is 7.19. The number of benzene rings is 2. The van der Waals surface area contributed by atoms with E-state index in [0.717, 1.165) is 19.5 Å². The van der Waals surface area contributed by atoms with E-state index in [-0.39, 0.29) is 5.91 Å². The van der Waals surface area contributed by atoms with Crippen molar-refractivity contribution in [2.24, 2.45) is 0 Å². The molecule has 0 N–H and O–H groups in total. The van der Waals surface area contributed by atoms with Crippen LogP contribution in [0.5, 0.6) is 0 Å². The normalized spacial score (nSPS) is 19.1. The summed E-state index contributed by atoms with van der Waals surface area (Å²) in [5.41, 5.74) is 2.50. The maximum atomic E-state index is 12.3. The molecule has 0 bridgehead atoms. The number of carbonyl (C=O) groups excluding carboxylic acids is 1. The minimum atomic E-state index is 0.272. The lowest BCUT2D eigenvalue weighted by Crippen LogP contribution is -2.37. The molecule has 2 aromatic carbocycles. The van der Waals surface area contributed by atoms with Crippen molar-refractivity contribution in [3.05, 3.63) is 71.8 Å². The molecule has 1 atom stereocenters. The van der Waals surface area contributed by atoms with Gasteiger partial charge < -0.3 is 4.90 Å². The predicted molar refractivity (Wildman–Crippen MR) is 80.3 cm³/mol. The third-order valence-electron chi connectivity index (χ3n) is 4.01. The van der Waals surface area contributed by atoms with Gasteiger partial charge in [0.2, 0.25) is 5.91 Å². The zero-order valence-corrected chi connectivity index (χ0v) is 11.5. The molecule has 2 heteroatoms. The molecular weight excluding hydrogens is 246 g/mol. The second-order valence-corrected chi connectivity index (χ2v) is 5.40. The molecule has 0 aromatic heterocycles. The van der Waals surface area contributed by atoms with Crippen molar-refractivity contribution in [3.63, 3.8) is 0 Å². The Balaban J connectivity index is 1.64. The highest BCUT2D eigenvalue weighted by atomic mass is 16.2. The van der Waals surface area contributed by atoms with Gasteiger partial charge in [-0.1, -0.05) is 60.7 Å². The average molecular weight is 265 g/mol. The first-order chi connectivity index (χ1) is 9.83. The van der Waals surface area contributed by atoms with E-state index in [9.17, 15) is 4.79 Å². The maximum absolute atomic E-state index is 12.3. The highest BCUT2D eigenvalue weighted by Crippen LogP contribution is 2.29. The molecule has 20 heavy (non-hydrogen) atoms. The Morgan fingerprint density at radius 1 is 0.950 bits per heavy atom. The highest BCUT2D eigenvalue weighted by molar-refractivity contribution is 5.78. The van der Waals surface area contributed by atoms with Crippen molar-refractivity contribution in [1.82, 2.24) is 4.90 Å². The van der Waals surface area contributed by atoms with Crippen LogP contribution in [-0.4, -0.2) is 17.4 Å². The summed E-state index contributed by atoms with van der Waals surface area (Å²) in [6, 6.07) is 20.6. The van der Waals surface area contributed by atoms with Crippen molar-refractivity contribution in [3.8, 4) is 0 Å². The van der Waals surface area contributed by atoms with Crippen LogP contribution in [0, 0.1) is 0 Å². The third kappa shape index (κ3) is 2.90. The molecule has 1 fully saturated rings. The van der Waals surface area contributed by atoms with Gasteiger partial charge in [-0.15, -0.1) is 0 Å². The molecule has 0 radical (unpaired) electrons. The first kappa shape index (κ1) is 12.9. The second-order valence-electron chi connectivity index (χ2n) is 5.40. The zero-order valence-electron chi connectivity index (χ0n) is 11.5. The molecule has 1 aliphatic rings. The minimum Gasteiger partial charge on any atom is -0.338 e. The molecule has 2 nitrogen and oxygen atoms in total. The van der Waals surface area contributed by atoms with E-state index >= 15 is 0 Å². The van der Waals surface area contributed by atoms with Gasteiger partial charge >= 0.3 is 0 Å². The number of rotatable bonds is 3. The van der Waals surface area contributed by atoms with E-state index in [1.807, 2.05) is 29.2 Å². The molecule has 1 heterocycles. The van der Waals surface area contributed by atoms with Gasteiger partial charge in [-0.25, -0.2) is 0 Å². The van der Waals surface area contributed by atoms with Crippen molar-refractivity contribution in [2.45, 2.75) is 25.3 Å². The van der Waals surface area contributed by atoms with Crippen LogP contribution in [0.4, 0.5) is 0 Å². The Hall–Kier alpha value is -2.09. The molecule has 0 saturated carbocycles. The summed E-state index contributed by atoms with van der Waals surface area (Å²) < 4.78 is 0. The molecule has 0 aliphatic carbocycles. The van der Waals surface area contributed by atoms with E-state index in [0.29, 0.717) is 12.3 Å². The molecule has 3 rings (SSSR count). The fourth-order valence-electron chi connectivity index (χ4n) is 2.86. The minimum absolute atomic E-state index is 0.272. The Bertz CT molecular complexity index is 564. The number of likely N-dealkylation sites (tertiary alicyclic amines) is 1. The van der Waals surface area contributed by atoms with Crippen LogP contribution >= 0.6 is 0 Å². The number of amides is 1. The van der Waals surface area contributed by atoms with Crippen LogP contribution < -0.4 is 0 Å².